The molecule has 1 saturated heterocycles. The van der Waals surface area contributed by atoms with Crippen molar-refractivity contribution in [3.63, 3.8) is 0 Å². The molecule has 2 aliphatic rings. The summed E-state index contributed by atoms with van der Waals surface area (Å²) in [4.78, 5) is 26.7. The molecule has 1 aliphatic heterocycles. The standard InChI is InChI=1S/C25H26F4N2O3/c26-24(11-13-30(14-12-24)17-34-22(32)19-9-5-2-6-10-19)16-31(23(33)25(27,28)29)21-15-20(21)18-7-3-1-4-8-18/h1-10,20-21H,11-17H2/t20-,21+/m0/s1. The van der Waals surface area contributed by atoms with Crippen molar-refractivity contribution >= 4 is 11.9 Å². The normalized spacial score (nSPS) is 22.1. The van der Waals surface area contributed by atoms with Crippen LogP contribution in [0.3, 0.4) is 0 Å². The fraction of sp³-hybridized carbons (Fsp3) is 0.440. The van der Waals surface area contributed by atoms with Crippen LogP contribution in [-0.2, 0) is 9.53 Å². The first-order valence-electron chi connectivity index (χ1n) is 11.2. The van der Waals surface area contributed by atoms with E-state index in [-0.39, 0.29) is 38.6 Å². The first-order chi connectivity index (χ1) is 16.2. The number of esters is 1. The molecule has 0 bridgehead atoms. The van der Waals surface area contributed by atoms with E-state index in [0.29, 0.717) is 16.9 Å². The van der Waals surface area contributed by atoms with Gasteiger partial charge in [0.15, 0.2) is 0 Å². The summed E-state index contributed by atoms with van der Waals surface area (Å²) < 4.78 is 60.8. The molecular formula is C25H26F4N2O3. The molecule has 2 atom stereocenters. The molecule has 34 heavy (non-hydrogen) atoms. The highest BCUT2D eigenvalue weighted by atomic mass is 19.4. The Morgan fingerprint density at radius 2 is 1.59 bits per heavy atom. The van der Waals surface area contributed by atoms with E-state index in [4.69, 9.17) is 4.74 Å². The zero-order valence-electron chi connectivity index (χ0n) is 18.5. The van der Waals surface area contributed by atoms with E-state index in [1.807, 2.05) is 0 Å². The Hall–Kier alpha value is -2.94. The van der Waals surface area contributed by atoms with E-state index in [9.17, 15) is 22.8 Å². The average molecular weight is 478 g/mol. The largest absolute Gasteiger partial charge is 0.471 e. The monoisotopic (exact) mass is 478 g/mol. The van der Waals surface area contributed by atoms with Gasteiger partial charge >= 0.3 is 18.1 Å². The van der Waals surface area contributed by atoms with Gasteiger partial charge in [-0.15, -0.1) is 0 Å². The minimum Gasteiger partial charge on any atom is -0.446 e. The molecule has 1 heterocycles. The molecule has 1 aliphatic carbocycles. The van der Waals surface area contributed by atoms with E-state index in [0.717, 1.165) is 5.56 Å². The molecule has 182 valence electrons. The van der Waals surface area contributed by atoms with Crippen LogP contribution in [0.4, 0.5) is 17.6 Å². The molecule has 0 radical (unpaired) electrons. The predicted octanol–water partition coefficient (Wildman–Crippen LogP) is 4.55. The van der Waals surface area contributed by atoms with Crippen LogP contribution in [0.25, 0.3) is 0 Å². The Bertz CT molecular complexity index is 992. The molecule has 4 rings (SSSR count). The first kappa shape index (κ1) is 24.2. The Morgan fingerprint density at radius 3 is 2.18 bits per heavy atom. The Balaban J connectivity index is 1.35. The highest BCUT2D eigenvalue weighted by Gasteiger charge is 2.54. The van der Waals surface area contributed by atoms with E-state index >= 15 is 4.39 Å². The summed E-state index contributed by atoms with van der Waals surface area (Å²) in [6.07, 6.45) is -4.80. The number of carbonyl (C=O) groups excluding carboxylic acids is 2. The van der Waals surface area contributed by atoms with Crippen molar-refractivity contribution in [1.82, 2.24) is 9.80 Å². The van der Waals surface area contributed by atoms with Crippen LogP contribution in [0.1, 0.15) is 41.1 Å². The number of amides is 1. The van der Waals surface area contributed by atoms with Gasteiger partial charge in [0.1, 0.15) is 12.4 Å². The third kappa shape index (κ3) is 5.75. The van der Waals surface area contributed by atoms with E-state index < -0.39 is 36.3 Å². The summed E-state index contributed by atoms with van der Waals surface area (Å²) in [5, 5.41) is 0. The fourth-order valence-corrected chi connectivity index (χ4v) is 4.44. The number of halogens is 4. The summed E-state index contributed by atoms with van der Waals surface area (Å²) in [5.41, 5.74) is -0.696. The SMILES string of the molecule is O=C(OCN1CCC(F)(CN(C(=O)C(F)(F)F)[C@@H]2C[C@H]2c2ccccc2)CC1)c1ccccc1. The Labute approximate surface area is 195 Å². The van der Waals surface area contributed by atoms with Crippen LogP contribution in [0.2, 0.25) is 0 Å². The summed E-state index contributed by atoms with van der Waals surface area (Å²) in [5.74, 6) is -2.72. The second-order valence-electron chi connectivity index (χ2n) is 8.95. The topological polar surface area (TPSA) is 49.9 Å². The van der Waals surface area contributed by atoms with Gasteiger partial charge in [0.05, 0.1) is 12.1 Å². The lowest BCUT2D eigenvalue weighted by molar-refractivity contribution is -0.188. The number of piperidine rings is 1. The minimum absolute atomic E-state index is 0.0340. The molecule has 0 spiro atoms. The summed E-state index contributed by atoms with van der Waals surface area (Å²) in [6.45, 7) is -0.219. The lowest BCUT2D eigenvalue weighted by atomic mass is 9.92. The van der Waals surface area contributed by atoms with Crippen LogP contribution in [-0.4, -0.2) is 65.9 Å². The van der Waals surface area contributed by atoms with Crippen LogP contribution < -0.4 is 0 Å². The predicted molar refractivity (Wildman–Crippen MR) is 117 cm³/mol. The molecule has 1 amide bonds. The van der Waals surface area contributed by atoms with E-state index in [1.54, 1.807) is 65.6 Å². The molecule has 0 N–H and O–H groups in total. The third-order valence-corrected chi connectivity index (χ3v) is 6.48. The van der Waals surface area contributed by atoms with Crippen molar-refractivity contribution in [2.24, 2.45) is 0 Å². The van der Waals surface area contributed by atoms with Crippen LogP contribution in [0.5, 0.6) is 0 Å². The van der Waals surface area contributed by atoms with Crippen LogP contribution in [0, 0.1) is 0 Å². The highest BCUT2D eigenvalue weighted by molar-refractivity contribution is 5.89. The highest BCUT2D eigenvalue weighted by Crippen LogP contribution is 2.47. The van der Waals surface area contributed by atoms with Gasteiger partial charge in [-0.25, -0.2) is 9.18 Å². The van der Waals surface area contributed by atoms with Crippen molar-refractivity contribution in [3.8, 4) is 0 Å². The molecule has 9 heteroatoms. The number of carbonyl (C=O) groups is 2. The summed E-state index contributed by atoms with van der Waals surface area (Å²) in [7, 11) is 0. The lowest BCUT2D eigenvalue weighted by Crippen LogP contribution is -2.53. The van der Waals surface area contributed by atoms with Crippen molar-refractivity contribution in [1.29, 1.82) is 0 Å². The fourth-order valence-electron chi connectivity index (χ4n) is 4.44. The van der Waals surface area contributed by atoms with Gasteiger partial charge in [-0.2, -0.15) is 13.2 Å². The van der Waals surface area contributed by atoms with Crippen LogP contribution >= 0.6 is 0 Å². The van der Waals surface area contributed by atoms with Crippen molar-refractivity contribution in [3.05, 3.63) is 71.8 Å². The number of ether oxygens (including phenoxy) is 1. The summed E-state index contributed by atoms with van der Waals surface area (Å²) in [6, 6.07) is 16.8. The Kier molecular flexibility index (Phi) is 6.93. The molecular weight excluding hydrogens is 452 g/mol. The third-order valence-electron chi connectivity index (χ3n) is 6.48. The van der Waals surface area contributed by atoms with Crippen molar-refractivity contribution in [2.45, 2.75) is 43.1 Å². The number of hydrogen-bond acceptors (Lipinski definition) is 4. The summed E-state index contributed by atoms with van der Waals surface area (Å²) >= 11 is 0. The smallest absolute Gasteiger partial charge is 0.446 e. The van der Waals surface area contributed by atoms with Gasteiger partial charge in [-0.05, 0) is 37.0 Å². The van der Waals surface area contributed by atoms with E-state index in [1.165, 1.54) is 0 Å². The van der Waals surface area contributed by atoms with Gasteiger partial charge in [0.25, 0.3) is 0 Å². The zero-order valence-corrected chi connectivity index (χ0v) is 18.5. The van der Waals surface area contributed by atoms with Gasteiger partial charge < -0.3 is 9.64 Å². The number of hydrogen-bond donors (Lipinski definition) is 0. The number of likely N-dealkylation sites (tertiary alicyclic amines) is 1. The molecule has 1 saturated carbocycles. The van der Waals surface area contributed by atoms with Crippen LogP contribution in [0.15, 0.2) is 60.7 Å². The van der Waals surface area contributed by atoms with Gasteiger partial charge in [-0.3, -0.25) is 9.69 Å². The second kappa shape index (κ2) is 9.74. The average Bonchev–Trinajstić information content (AvgIpc) is 3.63. The maximum atomic E-state index is 15.6. The van der Waals surface area contributed by atoms with Crippen molar-refractivity contribution in [2.75, 3.05) is 26.4 Å². The molecule has 5 nitrogen and oxygen atoms in total. The maximum absolute atomic E-state index is 15.6. The number of nitrogens with zero attached hydrogens (tertiary/aromatic N) is 2. The van der Waals surface area contributed by atoms with E-state index in [2.05, 4.69) is 0 Å². The molecule has 0 aromatic heterocycles. The number of benzene rings is 2. The quantitative estimate of drug-likeness (QED) is 0.433. The molecule has 2 aromatic rings. The molecule has 2 aromatic carbocycles. The Morgan fingerprint density at radius 1 is 1.00 bits per heavy atom. The lowest BCUT2D eigenvalue weighted by Gasteiger charge is -2.39. The molecule has 2 fully saturated rings. The zero-order chi connectivity index (χ0) is 24.3. The number of alkyl halides is 4. The second-order valence-corrected chi connectivity index (χ2v) is 8.95. The first-order valence-corrected chi connectivity index (χ1v) is 11.2. The number of rotatable bonds is 7. The van der Waals surface area contributed by atoms with Gasteiger partial charge in [0, 0.05) is 25.0 Å². The minimum atomic E-state index is -5.06. The van der Waals surface area contributed by atoms with Gasteiger partial charge in [0.2, 0.25) is 0 Å². The van der Waals surface area contributed by atoms with Gasteiger partial charge in [-0.1, -0.05) is 48.5 Å². The maximum Gasteiger partial charge on any atom is 0.471 e. The van der Waals surface area contributed by atoms with Crippen molar-refractivity contribution < 1.29 is 31.9 Å². The molecule has 0 unspecified atom stereocenters.